The molecule has 2 aliphatic heterocycles. The first-order chi connectivity index (χ1) is 12.2. The van der Waals surface area contributed by atoms with Gasteiger partial charge in [0.1, 0.15) is 11.0 Å². The lowest BCUT2D eigenvalue weighted by Gasteiger charge is -2.44. The molecule has 0 N–H and O–H groups in total. The summed E-state index contributed by atoms with van der Waals surface area (Å²) in [5.74, 6) is 0.708. The van der Waals surface area contributed by atoms with Gasteiger partial charge in [-0.15, -0.1) is 11.3 Å². The number of hydrogen-bond acceptors (Lipinski definition) is 6. The number of amides is 1. The quantitative estimate of drug-likeness (QED) is 0.758. The molecule has 3 fully saturated rings. The van der Waals surface area contributed by atoms with E-state index in [0.29, 0.717) is 12.5 Å². The highest BCUT2D eigenvalue weighted by molar-refractivity contribution is 7.16. The molecule has 134 valence electrons. The molecule has 0 aromatic carbocycles. The highest BCUT2D eigenvalue weighted by Crippen LogP contribution is 2.39. The second kappa shape index (κ2) is 6.93. The normalized spacial score (nSPS) is 25.8. The molecule has 1 aromatic heterocycles. The number of piperazine rings is 2. The minimum Gasteiger partial charge on any atom is -0.307 e. The largest absolute Gasteiger partial charge is 0.307 e. The van der Waals surface area contributed by atoms with Gasteiger partial charge in [-0.1, -0.05) is 19.3 Å². The Hall–Kier alpha value is -1.65. The fourth-order valence-electron chi connectivity index (χ4n) is 4.32. The zero-order valence-electron chi connectivity index (χ0n) is 14.8. The van der Waals surface area contributed by atoms with Gasteiger partial charge in [0.15, 0.2) is 6.19 Å². The third-order valence-corrected chi connectivity index (χ3v) is 7.13. The third-order valence-electron chi connectivity index (χ3n) is 5.78. The van der Waals surface area contributed by atoms with E-state index in [4.69, 9.17) is 10.2 Å². The molecule has 1 amide bonds. The number of fused-ring (bicyclic) bond motifs is 1. The Labute approximate surface area is 153 Å². The Morgan fingerprint density at radius 2 is 1.92 bits per heavy atom. The van der Waals surface area contributed by atoms with Gasteiger partial charge < -0.3 is 4.90 Å². The van der Waals surface area contributed by atoms with Gasteiger partial charge in [0.2, 0.25) is 5.91 Å². The fourth-order valence-corrected chi connectivity index (χ4v) is 5.58. The summed E-state index contributed by atoms with van der Waals surface area (Å²) >= 11 is 1.72. The minimum absolute atomic E-state index is 0.133. The van der Waals surface area contributed by atoms with E-state index in [2.05, 4.69) is 11.1 Å². The van der Waals surface area contributed by atoms with Crippen LogP contribution in [0, 0.1) is 18.4 Å². The van der Waals surface area contributed by atoms with Gasteiger partial charge in [-0.3, -0.25) is 14.6 Å². The average Bonchev–Trinajstić information content (AvgIpc) is 3.04. The van der Waals surface area contributed by atoms with Crippen molar-refractivity contribution in [2.24, 2.45) is 0 Å². The zero-order chi connectivity index (χ0) is 17.4. The molecular weight excluding hydrogens is 334 g/mol. The van der Waals surface area contributed by atoms with E-state index in [1.165, 1.54) is 37.1 Å². The number of anilines is 1. The summed E-state index contributed by atoms with van der Waals surface area (Å²) in [6.45, 7) is 5.68. The molecule has 0 bridgehead atoms. The van der Waals surface area contributed by atoms with E-state index in [1.54, 1.807) is 16.2 Å². The summed E-state index contributed by atoms with van der Waals surface area (Å²) in [6.07, 6.45) is 8.58. The Balaban J connectivity index is 1.54. The first kappa shape index (κ1) is 16.8. The third kappa shape index (κ3) is 3.13. The van der Waals surface area contributed by atoms with Gasteiger partial charge in [-0.25, -0.2) is 4.98 Å². The van der Waals surface area contributed by atoms with Crippen molar-refractivity contribution in [1.29, 1.82) is 5.26 Å². The summed E-state index contributed by atoms with van der Waals surface area (Å²) in [5, 5.41) is 11.4. The average molecular weight is 359 g/mol. The number of nitriles is 1. The monoisotopic (exact) mass is 359 g/mol. The van der Waals surface area contributed by atoms with Crippen LogP contribution in [0.4, 0.5) is 5.00 Å². The first-order valence-corrected chi connectivity index (χ1v) is 10.2. The van der Waals surface area contributed by atoms with E-state index >= 15 is 0 Å². The Bertz CT molecular complexity index is 690. The van der Waals surface area contributed by atoms with Crippen molar-refractivity contribution in [2.45, 2.75) is 51.0 Å². The van der Waals surface area contributed by atoms with Crippen molar-refractivity contribution < 1.29 is 4.79 Å². The molecule has 0 unspecified atom stereocenters. The molecule has 7 heteroatoms. The van der Waals surface area contributed by atoms with Crippen LogP contribution in [0.1, 0.15) is 48.7 Å². The van der Waals surface area contributed by atoms with Gasteiger partial charge >= 0.3 is 0 Å². The predicted octanol–water partition coefficient (Wildman–Crippen LogP) is 2.31. The van der Waals surface area contributed by atoms with Crippen LogP contribution in [0.2, 0.25) is 0 Å². The number of carbonyl (C=O) groups is 1. The lowest BCUT2D eigenvalue weighted by Crippen LogP contribution is -2.64. The number of rotatable bonds is 2. The summed E-state index contributed by atoms with van der Waals surface area (Å²) < 4.78 is 0. The minimum atomic E-state index is -0.193. The van der Waals surface area contributed by atoms with Crippen molar-refractivity contribution in [3.05, 3.63) is 10.7 Å². The number of thiazole rings is 1. The van der Waals surface area contributed by atoms with Gasteiger partial charge in [-0.2, -0.15) is 5.26 Å². The predicted molar refractivity (Wildman–Crippen MR) is 97.6 cm³/mol. The van der Waals surface area contributed by atoms with Crippen LogP contribution in [0.15, 0.2) is 0 Å². The topological polar surface area (TPSA) is 63.5 Å². The van der Waals surface area contributed by atoms with Gasteiger partial charge in [-0.05, 0) is 19.8 Å². The van der Waals surface area contributed by atoms with Crippen LogP contribution in [-0.4, -0.2) is 59.5 Å². The zero-order valence-corrected chi connectivity index (χ0v) is 15.6. The van der Waals surface area contributed by atoms with Crippen LogP contribution < -0.4 is 4.90 Å². The molecule has 3 aliphatic rings. The van der Waals surface area contributed by atoms with Crippen molar-refractivity contribution in [3.8, 4) is 6.19 Å². The lowest BCUT2D eigenvalue weighted by atomic mass is 9.90. The van der Waals surface area contributed by atoms with Crippen LogP contribution in [0.25, 0.3) is 0 Å². The second-order valence-electron chi connectivity index (χ2n) is 7.37. The summed E-state index contributed by atoms with van der Waals surface area (Å²) in [6, 6.07) is -0.193. The molecule has 1 saturated carbocycles. The van der Waals surface area contributed by atoms with E-state index in [-0.39, 0.29) is 11.9 Å². The highest BCUT2D eigenvalue weighted by atomic mass is 32.1. The number of aryl methyl sites for hydroxylation is 1. The molecule has 2 saturated heterocycles. The number of hydrogen-bond donors (Lipinski definition) is 0. The summed E-state index contributed by atoms with van der Waals surface area (Å²) in [7, 11) is 0. The standard InChI is InChI=1S/C18H25N5OS/c1-13-18(25-16(20-13)14-5-3-2-4-6-14)23-10-9-22-8-7-21(12-19)11-15(22)17(23)24/h14-15H,2-11H2,1H3/t15-/m1/s1. The SMILES string of the molecule is Cc1nc(C2CCCCC2)sc1N1CCN2CCN(C#N)C[C@@H]2C1=O. The van der Waals surface area contributed by atoms with E-state index in [1.807, 2.05) is 11.8 Å². The van der Waals surface area contributed by atoms with E-state index < -0.39 is 0 Å². The fraction of sp³-hybridized carbons (Fsp3) is 0.722. The van der Waals surface area contributed by atoms with Crippen LogP contribution >= 0.6 is 11.3 Å². The van der Waals surface area contributed by atoms with Gasteiger partial charge in [0, 0.05) is 32.1 Å². The molecule has 3 heterocycles. The molecular formula is C18H25N5OS. The van der Waals surface area contributed by atoms with Gasteiger partial charge in [0.05, 0.1) is 17.2 Å². The lowest BCUT2D eigenvalue weighted by molar-refractivity contribution is -0.127. The number of carbonyl (C=O) groups excluding carboxylic acids is 1. The van der Waals surface area contributed by atoms with Crippen LogP contribution in [0.5, 0.6) is 0 Å². The first-order valence-electron chi connectivity index (χ1n) is 9.35. The van der Waals surface area contributed by atoms with E-state index in [9.17, 15) is 4.79 Å². The second-order valence-corrected chi connectivity index (χ2v) is 8.37. The molecule has 1 aromatic rings. The molecule has 0 spiro atoms. The van der Waals surface area contributed by atoms with Crippen molar-refractivity contribution in [3.63, 3.8) is 0 Å². The Morgan fingerprint density at radius 3 is 2.68 bits per heavy atom. The van der Waals surface area contributed by atoms with Gasteiger partial charge in [0.25, 0.3) is 0 Å². The molecule has 1 aliphatic carbocycles. The molecule has 6 nitrogen and oxygen atoms in total. The molecule has 0 radical (unpaired) electrons. The maximum atomic E-state index is 13.1. The maximum absolute atomic E-state index is 13.1. The number of aromatic nitrogens is 1. The van der Waals surface area contributed by atoms with Crippen molar-refractivity contribution >= 4 is 22.2 Å². The molecule has 1 atom stereocenters. The number of nitrogens with zero attached hydrogens (tertiary/aromatic N) is 5. The smallest absolute Gasteiger partial charge is 0.246 e. The molecule has 4 rings (SSSR count). The Kier molecular flexibility index (Phi) is 4.65. The van der Waals surface area contributed by atoms with Crippen molar-refractivity contribution in [1.82, 2.24) is 14.8 Å². The van der Waals surface area contributed by atoms with Crippen LogP contribution in [0.3, 0.4) is 0 Å². The summed E-state index contributed by atoms with van der Waals surface area (Å²) in [4.78, 5) is 23.8. The highest BCUT2D eigenvalue weighted by Gasteiger charge is 2.40. The van der Waals surface area contributed by atoms with E-state index in [0.717, 1.165) is 36.9 Å². The van der Waals surface area contributed by atoms with Crippen LogP contribution in [-0.2, 0) is 4.79 Å². The Morgan fingerprint density at radius 1 is 1.16 bits per heavy atom. The maximum Gasteiger partial charge on any atom is 0.246 e. The summed E-state index contributed by atoms with van der Waals surface area (Å²) in [5.41, 5.74) is 0.986. The van der Waals surface area contributed by atoms with Crippen molar-refractivity contribution in [2.75, 3.05) is 37.6 Å². The molecule has 25 heavy (non-hydrogen) atoms.